The molecule has 0 saturated carbocycles. The summed E-state index contributed by atoms with van der Waals surface area (Å²) in [5, 5.41) is 11.3. The molecule has 1 aliphatic heterocycles. The van der Waals surface area contributed by atoms with Crippen molar-refractivity contribution in [3.8, 4) is 0 Å². The Balaban J connectivity index is 2.24. The molecule has 2 rings (SSSR count). The Hall–Kier alpha value is -1.82. The standard InChI is InChI=1S/C12H15FN2O3/c1-11(2)12(3,17)15(10(16)18-11)14-9-6-4-8(13)5-7-9/h4-7,14,17H,1-3H3/t12-/m0/s1. The van der Waals surface area contributed by atoms with Crippen LogP contribution >= 0.6 is 0 Å². The molecule has 0 spiro atoms. The predicted molar refractivity (Wildman–Crippen MR) is 63.0 cm³/mol. The van der Waals surface area contributed by atoms with Gasteiger partial charge in [0.1, 0.15) is 5.82 Å². The van der Waals surface area contributed by atoms with E-state index in [1.54, 1.807) is 13.8 Å². The number of amides is 1. The van der Waals surface area contributed by atoms with Gasteiger partial charge in [-0.3, -0.25) is 5.43 Å². The second-order valence-electron chi connectivity index (χ2n) is 4.85. The molecule has 6 heteroatoms. The van der Waals surface area contributed by atoms with Gasteiger partial charge in [0, 0.05) is 0 Å². The van der Waals surface area contributed by atoms with Crippen LogP contribution in [0.4, 0.5) is 14.9 Å². The summed E-state index contributed by atoms with van der Waals surface area (Å²) in [6, 6.07) is 5.43. The summed E-state index contributed by atoms with van der Waals surface area (Å²) >= 11 is 0. The maximum atomic E-state index is 12.8. The van der Waals surface area contributed by atoms with Gasteiger partial charge in [0.05, 0.1) is 5.69 Å². The van der Waals surface area contributed by atoms with Crippen LogP contribution in [-0.4, -0.2) is 27.5 Å². The minimum atomic E-state index is -1.52. The summed E-state index contributed by atoms with van der Waals surface area (Å²) in [6.45, 7) is 4.68. The molecule has 0 aromatic heterocycles. The number of benzene rings is 1. The van der Waals surface area contributed by atoms with Gasteiger partial charge in [0.15, 0.2) is 11.3 Å². The van der Waals surface area contributed by atoms with Crippen LogP contribution in [0.5, 0.6) is 0 Å². The van der Waals surface area contributed by atoms with Crippen molar-refractivity contribution >= 4 is 11.8 Å². The van der Waals surface area contributed by atoms with Gasteiger partial charge in [-0.05, 0) is 45.0 Å². The minimum absolute atomic E-state index is 0.378. The summed E-state index contributed by atoms with van der Waals surface area (Å²) < 4.78 is 17.8. The molecule has 1 aromatic carbocycles. The first-order valence-electron chi connectivity index (χ1n) is 5.52. The Morgan fingerprint density at radius 2 is 1.83 bits per heavy atom. The number of aliphatic hydroxyl groups is 1. The number of carbonyl (C=O) groups excluding carboxylic acids is 1. The third kappa shape index (κ3) is 1.88. The number of rotatable bonds is 2. The number of hydrogen-bond donors (Lipinski definition) is 2. The lowest BCUT2D eigenvalue weighted by atomic mass is 9.97. The lowest BCUT2D eigenvalue weighted by Gasteiger charge is -2.34. The van der Waals surface area contributed by atoms with Gasteiger partial charge in [0.25, 0.3) is 0 Å². The second kappa shape index (κ2) is 3.84. The molecule has 1 aromatic rings. The van der Waals surface area contributed by atoms with Crippen LogP contribution in [0.2, 0.25) is 0 Å². The Kier molecular flexibility index (Phi) is 2.70. The second-order valence-corrected chi connectivity index (χ2v) is 4.85. The number of cyclic esters (lactones) is 1. The van der Waals surface area contributed by atoms with E-state index in [9.17, 15) is 14.3 Å². The number of hydrazine groups is 1. The van der Waals surface area contributed by atoms with E-state index in [4.69, 9.17) is 4.74 Å². The van der Waals surface area contributed by atoms with Gasteiger partial charge in [-0.15, -0.1) is 0 Å². The third-order valence-electron chi connectivity index (χ3n) is 3.19. The van der Waals surface area contributed by atoms with Crippen molar-refractivity contribution < 1.29 is 19.0 Å². The highest BCUT2D eigenvalue weighted by atomic mass is 19.1. The van der Waals surface area contributed by atoms with Crippen LogP contribution in [0.15, 0.2) is 24.3 Å². The SMILES string of the molecule is CC1(C)OC(=O)N(Nc2ccc(F)cc2)[C@@]1(C)O. The number of ether oxygens (including phenoxy) is 1. The van der Waals surface area contributed by atoms with Crippen molar-refractivity contribution in [3.63, 3.8) is 0 Å². The van der Waals surface area contributed by atoms with E-state index in [0.29, 0.717) is 5.69 Å². The first-order valence-corrected chi connectivity index (χ1v) is 5.52. The summed E-state index contributed by atoms with van der Waals surface area (Å²) in [5.74, 6) is -0.378. The minimum Gasteiger partial charge on any atom is -0.437 e. The maximum Gasteiger partial charge on any atom is 0.432 e. The lowest BCUT2D eigenvalue weighted by Crippen LogP contribution is -2.55. The zero-order valence-corrected chi connectivity index (χ0v) is 10.4. The summed E-state index contributed by atoms with van der Waals surface area (Å²) in [7, 11) is 0. The summed E-state index contributed by atoms with van der Waals surface area (Å²) in [5.41, 5.74) is 0.624. The Morgan fingerprint density at radius 3 is 2.28 bits per heavy atom. The zero-order valence-electron chi connectivity index (χ0n) is 10.4. The Bertz CT molecular complexity index is 471. The van der Waals surface area contributed by atoms with Gasteiger partial charge in [0.2, 0.25) is 0 Å². The van der Waals surface area contributed by atoms with E-state index in [1.165, 1.54) is 31.2 Å². The van der Waals surface area contributed by atoms with Crippen molar-refractivity contribution in [2.45, 2.75) is 32.1 Å². The lowest BCUT2D eigenvalue weighted by molar-refractivity contribution is -0.121. The smallest absolute Gasteiger partial charge is 0.432 e. The molecule has 18 heavy (non-hydrogen) atoms. The monoisotopic (exact) mass is 254 g/mol. The van der Waals surface area contributed by atoms with Crippen LogP contribution in [-0.2, 0) is 4.74 Å². The third-order valence-corrected chi connectivity index (χ3v) is 3.19. The van der Waals surface area contributed by atoms with Crippen molar-refractivity contribution in [2.75, 3.05) is 5.43 Å². The molecular formula is C12H15FN2O3. The first-order chi connectivity index (χ1) is 8.24. The van der Waals surface area contributed by atoms with Crippen LogP contribution in [0.3, 0.4) is 0 Å². The van der Waals surface area contributed by atoms with E-state index in [0.717, 1.165) is 5.01 Å². The molecule has 1 aliphatic rings. The molecule has 5 nitrogen and oxygen atoms in total. The van der Waals surface area contributed by atoms with Crippen LogP contribution in [0, 0.1) is 5.82 Å². The van der Waals surface area contributed by atoms with Crippen molar-refractivity contribution in [1.82, 2.24) is 5.01 Å². The predicted octanol–water partition coefficient (Wildman–Crippen LogP) is 2.09. The number of nitrogens with zero attached hydrogens (tertiary/aromatic N) is 1. The van der Waals surface area contributed by atoms with Gasteiger partial charge in [-0.25, -0.2) is 9.18 Å². The molecule has 1 amide bonds. The fraction of sp³-hybridized carbons (Fsp3) is 0.417. The topological polar surface area (TPSA) is 61.8 Å². The quantitative estimate of drug-likeness (QED) is 0.848. The fourth-order valence-corrected chi connectivity index (χ4v) is 1.62. The highest BCUT2D eigenvalue weighted by Gasteiger charge is 2.57. The molecule has 1 fully saturated rings. The van der Waals surface area contributed by atoms with Gasteiger partial charge < -0.3 is 9.84 Å². The number of nitrogens with one attached hydrogen (secondary N) is 1. The average Bonchev–Trinajstić information content (AvgIpc) is 2.40. The summed E-state index contributed by atoms with van der Waals surface area (Å²) in [6.07, 6.45) is -0.686. The maximum absolute atomic E-state index is 12.8. The fourth-order valence-electron chi connectivity index (χ4n) is 1.62. The highest BCUT2D eigenvalue weighted by molar-refractivity contribution is 5.74. The van der Waals surface area contributed by atoms with E-state index in [2.05, 4.69) is 5.43 Å². The molecule has 2 N–H and O–H groups in total. The largest absolute Gasteiger partial charge is 0.437 e. The van der Waals surface area contributed by atoms with E-state index in [1.807, 2.05) is 0 Å². The molecule has 1 heterocycles. The molecule has 0 bridgehead atoms. The van der Waals surface area contributed by atoms with Gasteiger partial charge in [-0.2, -0.15) is 5.01 Å². The Labute approximate surface area is 104 Å². The Morgan fingerprint density at radius 1 is 1.28 bits per heavy atom. The summed E-state index contributed by atoms with van der Waals surface area (Å²) in [4.78, 5) is 11.7. The molecule has 1 saturated heterocycles. The van der Waals surface area contributed by atoms with Crippen molar-refractivity contribution in [1.29, 1.82) is 0 Å². The molecular weight excluding hydrogens is 239 g/mol. The van der Waals surface area contributed by atoms with E-state index in [-0.39, 0.29) is 5.82 Å². The molecule has 0 radical (unpaired) electrons. The number of halogens is 1. The van der Waals surface area contributed by atoms with Crippen LogP contribution in [0.1, 0.15) is 20.8 Å². The number of carbonyl (C=O) groups is 1. The van der Waals surface area contributed by atoms with Crippen molar-refractivity contribution in [2.24, 2.45) is 0 Å². The molecule has 0 unspecified atom stereocenters. The molecule has 98 valence electrons. The number of hydrogen-bond acceptors (Lipinski definition) is 4. The molecule has 0 aliphatic carbocycles. The van der Waals surface area contributed by atoms with Crippen LogP contribution in [0.25, 0.3) is 0 Å². The highest BCUT2D eigenvalue weighted by Crippen LogP contribution is 2.36. The van der Waals surface area contributed by atoms with E-state index >= 15 is 0 Å². The zero-order chi connectivity index (χ0) is 13.6. The van der Waals surface area contributed by atoms with Crippen LogP contribution < -0.4 is 5.43 Å². The number of anilines is 1. The molecule has 1 atom stereocenters. The first kappa shape index (κ1) is 12.6. The van der Waals surface area contributed by atoms with Crippen molar-refractivity contribution in [3.05, 3.63) is 30.1 Å². The van der Waals surface area contributed by atoms with Gasteiger partial charge in [-0.1, -0.05) is 0 Å². The normalized spacial score (nSPS) is 26.1. The van der Waals surface area contributed by atoms with E-state index < -0.39 is 17.4 Å². The average molecular weight is 254 g/mol. The van der Waals surface area contributed by atoms with Gasteiger partial charge >= 0.3 is 6.09 Å².